The molecule has 0 saturated carbocycles. The van der Waals surface area contributed by atoms with Crippen LogP contribution in [0.15, 0.2) is 41.4 Å². The number of benzene rings is 1. The molecular weight excluding hydrogens is 278 g/mol. The van der Waals surface area contributed by atoms with Crippen LogP contribution >= 0.6 is 0 Å². The van der Waals surface area contributed by atoms with Gasteiger partial charge < -0.3 is 5.11 Å². The van der Waals surface area contributed by atoms with Crippen molar-refractivity contribution in [2.75, 3.05) is 13.2 Å². The molecule has 0 aliphatic heterocycles. The number of aliphatic hydroxyl groups excluding tert-OH is 1. The summed E-state index contributed by atoms with van der Waals surface area (Å²) in [5, 5.41) is 12.9. The third kappa shape index (κ3) is 3.24. The van der Waals surface area contributed by atoms with Gasteiger partial charge in [0.1, 0.15) is 4.90 Å². The first kappa shape index (κ1) is 14.7. The van der Waals surface area contributed by atoms with Crippen LogP contribution in [0, 0.1) is 6.92 Å². The zero-order valence-electron chi connectivity index (χ0n) is 11.2. The van der Waals surface area contributed by atoms with E-state index in [0.717, 1.165) is 5.69 Å². The van der Waals surface area contributed by atoms with Gasteiger partial charge in [0.2, 0.25) is 10.0 Å². The highest BCUT2D eigenvalue weighted by atomic mass is 32.2. The molecule has 0 aliphatic rings. The lowest BCUT2D eigenvalue weighted by Crippen LogP contribution is -2.25. The topological polar surface area (TPSA) is 84.2 Å². The standard InChI is InChI=1S/C13H17N3O3S/c1-11-13(20(18,19)14-8-5-9-17)10-16(15-11)12-6-3-2-4-7-12/h2-4,6-7,10,14,17H,5,8-9H2,1H3. The zero-order valence-corrected chi connectivity index (χ0v) is 12.0. The van der Waals surface area contributed by atoms with Crippen LogP contribution in [0.1, 0.15) is 12.1 Å². The first-order valence-corrected chi connectivity index (χ1v) is 7.75. The summed E-state index contributed by atoms with van der Waals surface area (Å²) in [5.74, 6) is 0. The third-order valence-electron chi connectivity index (χ3n) is 2.79. The van der Waals surface area contributed by atoms with Crippen molar-refractivity contribution in [3.05, 3.63) is 42.2 Å². The summed E-state index contributed by atoms with van der Waals surface area (Å²) in [4.78, 5) is 0.152. The number of aromatic nitrogens is 2. The molecule has 0 radical (unpaired) electrons. The van der Waals surface area contributed by atoms with Gasteiger partial charge in [0.05, 0.1) is 17.6 Å². The Morgan fingerprint density at radius 3 is 2.65 bits per heavy atom. The molecule has 0 atom stereocenters. The molecular formula is C13H17N3O3S. The summed E-state index contributed by atoms with van der Waals surface area (Å²) in [7, 11) is -3.59. The Kier molecular flexibility index (Phi) is 4.53. The average Bonchev–Trinajstić information content (AvgIpc) is 2.83. The van der Waals surface area contributed by atoms with Crippen LogP contribution in [0.4, 0.5) is 0 Å². The highest BCUT2D eigenvalue weighted by Crippen LogP contribution is 2.16. The predicted octanol–water partition coefficient (Wildman–Crippen LogP) is 0.841. The SMILES string of the molecule is Cc1nn(-c2ccccc2)cc1S(=O)(=O)NCCCO. The van der Waals surface area contributed by atoms with Crippen molar-refractivity contribution in [2.45, 2.75) is 18.2 Å². The van der Waals surface area contributed by atoms with Crippen molar-refractivity contribution in [2.24, 2.45) is 0 Å². The molecule has 0 unspecified atom stereocenters. The first-order chi connectivity index (χ1) is 9.54. The number of sulfonamides is 1. The molecule has 0 bridgehead atoms. The summed E-state index contributed by atoms with van der Waals surface area (Å²) >= 11 is 0. The van der Waals surface area contributed by atoms with Crippen LogP contribution in [0.5, 0.6) is 0 Å². The van der Waals surface area contributed by atoms with Gasteiger partial charge in [-0.3, -0.25) is 0 Å². The van der Waals surface area contributed by atoms with Crippen LogP contribution in [0.2, 0.25) is 0 Å². The maximum atomic E-state index is 12.1. The second-order valence-corrected chi connectivity index (χ2v) is 6.07. The summed E-state index contributed by atoms with van der Waals surface area (Å²) < 4.78 is 28.2. The molecule has 0 saturated heterocycles. The highest BCUT2D eigenvalue weighted by Gasteiger charge is 2.20. The number of para-hydroxylation sites is 1. The lowest BCUT2D eigenvalue weighted by Gasteiger charge is -2.03. The van der Waals surface area contributed by atoms with Crippen molar-refractivity contribution in [3.63, 3.8) is 0 Å². The van der Waals surface area contributed by atoms with E-state index in [-0.39, 0.29) is 18.0 Å². The fourth-order valence-electron chi connectivity index (χ4n) is 1.78. The van der Waals surface area contributed by atoms with Crippen molar-refractivity contribution < 1.29 is 13.5 Å². The third-order valence-corrected chi connectivity index (χ3v) is 4.36. The van der Waals surface area contributed by atoms with Gasteiger partial charge >= 0.3 is 0 Å². The molecule has 2 N–H and O–H groups in total. The number of hydrogen-bond acceptors (Lipinski definition) is 4. The largest absolute Gasteiger partial charge is 0.396 e. The summed E-state index contributed by atoms with van der Waals surface area (Å²) in [6.07, 6.45) is 1.87. The first-order valence-electron chi connectivity index (χ1n) is 6.27. The Labute approximate surface area is 118 Å². The molecule has 2 rings (SSSR count). The average molecular weight is 295 g/mol. The molecule has 0 aliphatic carbocycles. The smallest absolute Gasteiger partial charge is 0.243 e. The fourth-order valence-corrected chi connectivity index (χ4v) is 3.02. The Hall–Kier alpha value is -1.70. The molecule has 0 fully saturated rings. The van der Waals surface area contributed by atoms with Crippen LogP contribution in [-0.2, 0) is 10.0 Å². The Bertz CT molecular complexity index is 665. The Morgan fingerprint density at radius 2 is 2.00 bits per heavy atom. The molecule has 20 heavy (non-hydrogen) atoms. The minimum Gasteiger partial charge on any atom is -0.396 e. The number of rotatable bonds is 6. The van der Waals surface area contributed by atoms with E-state index in [9.17, 15) is 8.42 Å². The van der Waals surface area contributed by atoms with Crippen LogP contribution in [0.25, 0.3) is 5.69 Å². The Balaban J connectivity index is 2.28. The van der Waals surface area contributed by atoms with E-state index >= 15 is 0 Å². The van der Waals surface area contributed by atoms with Gasteiger partial charge in [0.25, 0.3) is 0 Å². The van der Waals surface area contributed by atoms with E-state index in [4.69, 9.17) is 5.11 Å². The molecule has 7 heteroatoms. The van der Waals surface area contributed by atoms with Gasteiger partial charge in [-0.1, -0.05) is 18.2 Å². The predicted molar refractivity (Wildman–Crippen MR) is 75.2 cm³/mol. The van der Waals surface area contributed by atoms with Crippen molar-refractivity contribution in [3.8, 4) is 5.69 Å². The van der Waals surface area contributed by atoms with Gasteiger partial charge in [-0.15, -0.1) is 0 Å². The van der Waals surface area contributed by atoms with Gasteiger partial charge in [0.15, 0.2) is 0 Å². The quantitative estimate of drug-likeness (QED) is 0.774. The van der Waals surface area contributed by atoms with E-state index in [1.807, 2.05) is 30.3 Å². The van der Waals surface area contributed by atoms with Gasteiger partial charge in [-0.2, -0.15) is 5.10 Å². The number of nitrogens with zero attached hydrogens (tertiary/aromatic N) is 2. The molecule has 1 aromatic heterocycles. The molecule has 2 aromatic rings. The lowest BCUT2D eigenvalue weighted by molar-refractivity contribution is 0.289. The molecule has 6 nitrogen and oxygen atoms in total. The summed E-state index contributed by atoms with van der Waals surface area (Å²) in [6.45, 7) is 1.81. The van der Waals surface area contributed by atoms with Crippen molar-refractivity contribution >= 4 is 10.0 Å². The number of aryl methyl sites for hydroxylation is 1. The molecule has 0 spiro atoms. The van der Waals surface area contributed by atoms with E-state index in [1.54, 1.807) is 6.92 Å². The summed E-state index contributed by atoms with van der Waals surface area (Å²) in [5.41, 5.74) is 1.23. The number of aliphatic hydroxyl groups is 1. The molecule has 1 aromatic carbocycles. The second-order valence-electron chi connectivity index (χ2n) is 4.33. The van der Waals surface area contributed by atoms with Crippen LogP contribution in [0.3, 0.4) is 0 Å². The molecule has 108 valence electrons. The van der Waals surface area contributed by atoms with Crippen molar-refractivity contribution in [1.82, 2.24) is 14.5 Å². The number of nitrogens with one attached hydrogen (secondary N) is 1. The lowest BCUT2D eigenvalue weighted by atomic mass is 10.3. The van der Waals surface area contributed by atoms with E-state index in [0.29, 0.717) is 12.1 Å². The normalized spacial score (nSPS) is 11.7. The van der Waals surface area contributed by atoms with Crippen molar-refractivity contribution in [1.29, 1.82) is 0 Å². The van der Waals surface area contributed by atoms with Gasteiger partial charge in [-0.25, -0.2) is 17.8 Å². The van der Waals surface area contributed by atoms with E-state index in [2.05, 4.69) is 9.82 Å². The molecule has 1 heterocycles. The maximum absolute atomic E-state index is 12.1. The summed E-state index contributed by atoms with van der Waals surface area (Å²) in [6, 6.07) is 9.30. The minimum atomic E-state index is -3.59. The van der Waals surface area contributed by atoms with Crippen LogP contribution < -0.4 is 4.72 Å². The monoisotopic (exact) mass is 295 g/mol. The van der Waals surface area contributed by atoms with E-state index in [1.165, 1.54) is 10.9 Å². The number of hydrogen-bond donors (Lipinski definition) is 2. The van der Waals surface area contributed by atoms with E-state index < -0.39 is 10.0 Å². The maximum Gasteiger partial charge on any atom is 0.243 e. The fraction of sp³-hybridized carbons (Fsp3) is 0.308. The Morgan fingerprint density at radius 1 is 1.30 bits per heavy atom. The molecule has 0 amide bonds. The second kappa shape index (κ2) is 6.17. The minimum absolute atomic E-state index is 0.0508. The highest BCUT2D eigenvalue weighted by molar-refractivity contribution is 7.89. The zero-order chi connectivity index (χ0) is 14.6. The van der Waals surface area contributed by atoms with Gasteiger partial charge in [-0.05, 0) is 25.5 Å². The van der Waals surface area contributed by atoms with Gasteiger partial charge in [0, 0.05) is 13.2 Å². The van der Waals surface area contributed by atoms with Crippen LogP contribution in [-0.4, -0.2) is 36.5 Å².